The number of nitrogen functional groups attached to an aromatic ring is 1. The molecule has 0 aliphatic heterocycles. The van der Waals surface area contributed by atoms with Crippen LogP contribution in [0.1, 0.15) is 5.56 Å². The minimum Gasteiger partial charge on any atom is -0.369 e. The fourth-order valence-electron chi connectivity index (χ4n) is 2.00. The quantitative estimate of drug-likeness (QED) is 0.769. The molecular weight excluding hydrogens is 250 g/mol. The highest BCUT2D eigenvalue weighted by Gasteiger charge is 2.11. The van der Waals surface area contributed by atoms with E-state index in [4.69, 9.17) is 5.73 Å². The number of hydrogen-bond acceptors (Lipinski definition) is 3. The van der Waals surface area contributed by atoms with E-state index in [1.54, 1.807) is 23.0 Å². The van der Waals surface area contributed by atoms with Crippen LogP contribution < -0.4 is 5.73 Å². The van der Waals surface area contributed by atoms with Crippen LogP contribution in [-0.2, 0) is 6.54 Å². The van der Waals surface area contributed by atoms with Crippen LogP contribution in [0.5, 0.6) is 0 Å². The van der Waals surface area contributed by atoms with Crippen LogP contribution in [0.15, 0.2) is 36.7 Å². The lowest BCUT2D eigenvalue weighted by Gasteiger charge is -2.07. The molecule has 2 N–H and O–H groups in total. The SMILES string of the molecule is Nc1nc2cnccc2n1Cc1cc(F)ccc1F. The van der Waals surface area contributed by atoms with Crippen molar-refractivity contribution in [1.29, 1.82) is 0 Å². The van der Waals surface area contributed by atoms with Crippen molar-refractivity contribution in [1.82, 2.24) is 14.5 Å². The molecule has 6 heteroatoms. The van der Waals surface area contributed by atoms with Crippen LogP contribution >= 0.6 is 0 Å². The van der Waals surface area contributed by atoms with Gasteiger partial charge in [0.05, 0.1) is 18.3 Å². The van der Waals surface area contributed by atoms with Crippen molar-refractivity contribution < 1.29 is 8.78 Å². The van der Waals surface area contributed by atoms with E-state index < -0.39 is 11.6 Å². The summed E-state index contributed by atoms with van der Waals surface area (Å²) in [5.41, 5.74) is 7.38. The van der Waals surface area contributed by atoms with Crippen LogP contribution in [0.25, 0.3) is 11.0 Å². The fourth-order valence-corrected chi connectivity index (χ4v) is 2.00. The molecule has 19 heavy (non-hydrogen) atoms. The zero-order valence-electron chi connectivity index (χ0n) is 9.85. The van der Waals surface area contributed by atoms with Gasteiger partial charge in [0.1, 0.15) is 17.2 Å². The summed E-state index contributed by atoms with van der Waals surface area (Å²) in [6, 6.07) is 5.07. The van der Waals surface area contributed by atoms with Crippen molar-refractivity contribution in [3.05, 3.63) is 53.9 Å². The molecule has 2 heterocycles. The third kappa shape index (κ3) is 2.01. The van der Waals surface area contributed by atoms with Gasteiger partial charge in [-0.15, -0.1) is 0 Å². The van der Waals surface area contributed by atoms with Gasteiger partial charge in [0.15, 0.2) is 0 Å². The van der Waals surface area contributed by atoms with Gasteiger partial charge >= 0.3 is 0 Å². The number of nitrogens with two attached hydrogens (primary N) is 1. The van der Waals surface area contributed by atoms with E-state index in [2.05, 4.69) is 9.97 Å². The van der Waals surface area contributed by atoms with Gasteiger partial charge in [0, 0.05) is 11.8 Å². The first-order valence-corrected chi connectivity index (χ1v) is 5.65. The average Bonchev–Trinajstić information content (AvgIpc) is 2.71. The second-order valence-corrected chi connectivity index (χ2v) is 4.16. The van der Waals surface area contributed by atoms with E-state index in [0.717, 1.165) is 23.7 Å². The summed E-state index contributed by atoms with van der Waals surface area (Å²) in [7, 11) is 0. The smallest absolute Gasteiger partial charge is 0.201 e. The number of nitrogens with zero attached hydrogens (tertiary/aromatic N) is 3. The Morgan fingerprint density at radius 1 is 1.21 bits per heavy atom. The zero-order chi connectivity index (χ0) is 13.4. The Labute approximate surface area is 107 Å². The first-order valence-electron chi connectivity index (χ1n) is 5.65. The van der Waals surface area contributed by atoms with E-state index in [1.807, 2.05) is 0 Å². The van der Waals surface area contributed by atoms with E-state index in [-0.39, 0.29) is 18.1 Å². The molecule has 0 spiro atoms. The number of hydrogen-bond donors (Lipinski definition) is 1. The lowest BCUT2D eigenvalue weighted by atomic mass is 10.2. The highest BCUT2D eigenvalue weighted by atomic mass is 19.1. The highest BCUT2D eigenvalue weighted by molar-refractivity contribution is 5.77. The van der Waals surface area contributed by atoms with Gasteiger partial charge < -0.3 is 10.3 Å². The monoisotopic (exact) mass is 260 g/mol. The summed E-state index contributed by atoms with van der Waals surface area (Å²) in [6.07, 6.45) is 3.17. The van der Waals surface area contributed by atoms with Crippen molar-refractivity contribution in [2.45, 2.75) is 6.54 Å². The Morgan fingerprint density at radius 3 is 2.89 bits per heavy atom. The van der Waals surface area contributed by atoms with Crippen molar-refractivity contribution in [3.8, 4) is 0 Å². The Morgan fingerprint density at radius 2 is 2.05 bits per heavy atom. The predicted molar refractivity (Wildman–Crippen MR) is 67.4 cm³/mol. The average molecular weight is 260 g/mol. The van der Waals surface area contributed by atoms with Crippen LogP contribution in [0.4, 0.5) is 14.7 Å². The zero-order valence-corrected chi connectivity index (χ0v) is 9.85. The van der Waals surface area contributed by atoms with E-state index in [9.17, 15) is 8.78 Å². The number of aromatic nitrogens is 3. The molecule has 0 radical (unpaired) electrons. The Kier molecular flexibility index (Phi) is 2.63. The molecule has 0 fully saturated rings. The van der Waals surface area contributed by atoms with Gasteiger partial charge in [0.25, 0.3) is 0 Å². The fraction of sp³-hybridized carbons (Fsp3) is 0.0769. The maximum atomic E-state index is 13.6. The second kappa shape index (κ2) is 4.31. The Bertz CT molecular complexity index is 751. The molecule has 0 aliphatic rings. The minimum absolute atomic E-state index is 0.121. The maximum absolute atomic E-state index is 13.6. The molecule has 1 aromatic carbocycles. The first kappa shape index (κ1) is 11.6. The lowest BCUT2D eigenvalue weighted by Crippen LogP contribution is -2.06. The molecule has 2 aromatic heterocycles. The molecule has 96 valence electrons. The van der Waals surface area contributed by atoms with Gasteiger partial charge in [-0.1, -0.05) is 0 Å². The highest BCUT2D eigenvalue weighted by Crippen LogP contribution is 2.19. The van der Waals surface area contributed by atoms with Gasteiger partial charge in [-0.25, -0.2) is 13.8 Å². The van der Waals surface area contributed by atoms with Gasteiger partial charge in [0.2, 0.25) is 5.95 Å². The minimum atomic E-state index is -0.485. The van der Waals surface area contributed by atoms with Crippen LogP contribution in [0.3, 0.4) is 0 Å². The normalized spacial score (nSPS) is 11.1. The van der Waals surface area contributed by atoms with Gasteiger partial charge in [-0.2, -0.15) is 0 Å². The summed E-state index contributed by atoms with van der Waals surface area (Å²) < 4.78 is 28.4. The molecule has 0 atom stereocenters. The summed E-state index contributed by atoms with van der Waals surface area (Å²) in [6.45, 7) is 0.121. The number of anilines is 1. The molecule has 0 amide bonds. The summed E-state index contributed by atoms with van der Waals surface area (Å²) in [5.74, 6) is -0.718. The molecule has 4 nitrogen and oxygen atoms in total. The molecule has 0 bridgehead atoms. The van der Waals surface area contributed by atoms with Crippen molar-refractivity contribution in [3.63, 3.8) is 0 Å². The molecule has 0 unspecified atom stereocenters. The van der Waals surface area contributed by atoms with Crippen molar-refractivity contribution in [2.24, 2.45) is 0 Å². The number of imidazole rings is 1. The second-order valence-electron chi connectivity index (χ2n) is 4.16. The lowest BCUT2D eigenvalue weighted by molar-refractivity contribution is 0.579. The summed E-state index contributed by atoms with van der Waals surface area (Å²) in [5, 5.41) is 0. The topological polar surface area (TPSA) is 56.7 Å². The van der Waals surface area contributed by atoms with Gasteiger partial charge in [-0.3, -0.25) is 4.98 Å². The molecular formula is C13H10F2N4. The molecule has 0 aliphatic carbocycles. The standard InChI is InChI=1S/C13H10F2N4/c14-9-1-2-10(15)8(5-9)7-19-12-3-4-17-6-11(12)18-13(19)16/h1-6H,7H2,(H2,16,18). The number of pyridine rings is 1. The third-order valence-electron chi connectivity index (χ3n) is 2.92. The maximum Gasteiger partial charge on any atom is 0.201 e. The molecule has 0 saturated carbocycles. The van der Waals surface area contributed by atoms with E-state index >= 15 is 0 Å². The van der Waals surface area contributed by atoms with Crippen LogP contribution in [0.2, 0.25) is 0 Å². The number of benzene rings is 1. The number of halogens is 2. The largest absolute Gasteiger partial charge is 0.369 e. The third-order valence-corrected chi connectivity index (χ3v) is 2.92. The van der Waals surface area contributed by atoms with Crippen molar-refractivity contribution in [2.75, 3.05) is 5.73 Å². The van der Waals surface area contributed by atoms with Crippen LogP contribution in [0, 0.1) is 11.6 Å². The number of rotatable bonds is 2. The molecule has 3 rings (SSSR count). The van der Waals surface area contributed by atoms with Gasteiger partial charge in [-0.05, 0) is 24.3 Å². The first-order chi connectivity index (χ1) is 9.15. The Hall–Kier alpha value is -2.50. The molecule has 0 saturated heterocycles. The predicted octanol–water partition coefficient (Wildman–Crippen LogP) is 2.34. The van der Waals surface area contributed by atoms with Crippen LogP contribution in [-0.4, -0.2) is 14.5 Å². The summed E-state index contributed by atoms with van der Waals surface area (Å²) in [4.78, 5) is 8.06. The van der Waals surface area contributed by atoms with Crippen molar-refractivity contribution >= 4 is 17.0 Å². The summed E-state index contributed by atoms with van der Waals surface area (Å²) >= 11 is 0. The van der Waals surface area contributed by atoms with E-state index in [1.165, 1.54) is 0 Å². The Balaban J connectivity index is 2.10. The van der Waals surface area contributed by atoms with E-state index in [0.29, 0.717) is 5.52 Å². The molecule has 3 aromatic rings. The number of fused-ring (bicyclic) bond motifs is 1.